The maximum atomic E-state index is 4.50. The Labute approximate surface area is 107 Å². The Hall–Kier alpha value is -1.17. The minimum atomic E-state index is 0.655. The summed E-state index contributed by atoms with van der Waals surface area (Å²) >= 11 is 1.82. The van der Waals surface area contributed by atoms with Gasteiger partial charge in [-0.1, -0.05) is 0 Å². The van der Waals surface area contributed by atoms with Crippen LogP contribution < -0.4 is 10.6 Å². The van der Waals surface area contributed by atoms with Crippen LogP contribution >= 0.6 is 11.8 Å². The molecule has 0 amide bonds. The molecule has 0 atom stereocenters. The monoisotopic (exact) mass is 255 g/mol. The van der Waals surface area contributed by atoms with E-state index in [1.165, 1.54) is 0 Å². The molecule has 0 bridgehead atoms. The maximum absolute atomic E-state index is 4.50. The Morgan fingerprint density at radius 3 is 2.94 bits per heavy atom. The van der Waals surface area contributed by atoms with Gasteiger partial charge in [0.25, 0.3) is 0 Å². The highest BCUT2D eigenvalue weighted by atomic mass is 32.2. The topological polar surface area (TPSA) is 54.2 Å². The van der Waals surface area contributed by atoms with Crippen molar-refractivity contribution in [2.24, 2.45) is 12.0 Å². The molecule has 6 heteroatoms. The zero-order chi connectivity index (χ0) is 12.5. The van der Waals surface area contributed by atoms with Gasteiger partial charge in [0.15, 0.2) is 5.96 Å². The van der Waals surface area contributed by atoms with E-state index in [1.807, 2.05) is 31.2 Å². The molecule has 0 aliphatic heterocycles. The van der Waals surface area contributed by atoms with Gasteiger partial charge in [0.2, 0.25) is 0 Å². The summed E-state index contributed by atoms with van der Waals surface area (Å²) in [6.45, 7) is 4.52. The van der Waals surface area contributed by atoms with E-state index >= 15 is 0 Å². The number of nitrogens with zero attached hydrogens (tertiary/aromatic N) is 3. The van der Waals surface area contributed by atoms with Crippen molar-refractivity contribution < 1.29 is 0 Å². The summed E-state index contributed by atoms with van der Waals surface area (Å²) in [7, 11) is 1.91. The highest BCUT2D eigenvalue weighted by Gasteiger charge is 1.98. The van der Waals surface area contributed by atoms with E-state index in [0.29, 0.717) is 6.54 Å². The van der Waals surface area contributed by atoms with Crippen LogP contribution in [0.1, 0.15) is 12.5 Å². The molecule has 17 heavy (non-hydrogen) atoms. The Morgan fingerprint density at radius 1 is 1.53 bits per heavy atom. The smallest absolute Gasteiger partial charge is 0.191 e. The Kier molecular flexibility index (Phi) is 6.54. The number of thioether (sulfide) groups is 1. The number of aliphatic imine (C=N–C) groups is 1. The maximum Gasteiger partial charge on any atom is 0.191 e. The molecule has 0 spiro atoms. The highest BCUT2D eigenvalue weighted by molar-refractivity contribution is 7.98. The lowest BCUT2D eigenvalue weighted by molar-refractivity contribution is 0.766. The van der Waals surface area contributed by atoms with Crippen LogP contribution in [0.3, 0.4) is 0 Å². The van der Waals surface area contributed by atoms with Crippen molar-refractivity contribution in [3.63, 3.8) is 0 Å². The molecule has 0 saturated heterocycles. The van der Waals surface area contributed by atoms with E-state index in [0.717, 1.165) is 30.4 Å². The van der Waals surface area contributed by atoms with Crippen LogP contribution in [0.25, 0.3) is 0 Å². The molecule has 0 saturated carbocycles. The fourth-order valence-electron chi connectivity index (χ4n) is 1.34. The van der Waals surface area contributed by atoms with Gasteiger partial charge in [0, 0.05) is 37.7 Å². The Morgan fingerprint density at radius 2 is 2.35 bits per heavy atom. The average Bonchev–Trinajstić information content (AvgIpc) is 2.72. The lowest BCUT2D eigenvalue weighted by atomic mass is 10.4. The van der Waals surface area contributed by atoms with Gasteiger partial charge in [-0.3, -0.25) is 4.68 Å². The molecule has 5 nitrogen and oxygen atoms in total. The summed E-state index contributed by atoms with van der Waals surface area (Å²) in [4.78, 5) is 4.50. The normalized spacial score (nSPS) is 11.6. The second-order valence-corrected chi connectivity index (χ2v) is 4.62. The molecule has 0 aliphatic carbocycles. The molecule has 96 valence electrons. The lowest BCUT2D eigenvalue weighted by Gasteiger charge is -2.10. The summed E-state index contributed by atoms with van der Waals surface area (Å²) in [5.74, 6) is 1.95. The van der Waals surface area contributed by atoms with Crippen molar-refractivity contribution in [2.75, 3.05) is 25.1 Å². The van der Waals surface area contributed by atoms with Crippen molar-refractivity contribution in [3.05, 3.63) is 18.0 Å². The van der Waals surface area contributed by atoms with E-state index in [1.54, 1.807) is 4.68 Å². The van der Waals surface area contributed by atoms with Crippen molar-refractivity contribution in [2.45, 2.75) is 13.5 Å². The minimum absolute atomic E-state index is 0.655. The standard InChI is InChI=1S/C11H21N5S/c1-4-12-11(13-5-6-17-3)14-7-10-8-15-16(2)9-10/h8-9H,4-7H2,1-3H3,(H2,12,13,14). The quantitative estimate of drug-likeness (QED) is 0.449. The third-order valence-electron chi connectivity index (χ3n) is 2.12. The van der Waals surface area contributed by atoms with Gasteiger partial charge in [0.1, 0.15) is 0 Å². The zero-order valence-electron chi connectivity index (χ0n) is 10.7. The third-order valence-corrected chi connectivity index (χ3v) is 2.73. The fraction of sp³-hybridized carbons (Fsp3) is 0.636. The van der Waals surface area contributed by atoms with Crippen LogP contribution in [-0.4, -0.2) is 40.8 Å². The predicted octanol–water partition coefficient (Wildman–Crippen LogP) is 0.838. The van der Waals surface area contributed by atoms with Crippen molar-refractivity contribution in [1.82, 2.24) is 20.4 Å². The molecular formula is C11H21N5S. The molecular weight excluding hydrogens is 234 g/mol. The summed E-state index contributed by atoms with van der Waals surface area (Å²) in [5, 5.41) is 10.6. The van der Waals surface area contributed by atoms with E-state index in [4.69, 9.17) is 0 Å². The molecule has 2 N–H and O–H groups in total. The van der Waals surface area contributed by atoms with Crippen LogP contribution in [0.15, 0.2) is 17.4 Å². The van der Waals surface area contributed by atoms with Crippen LogP contribution in [0.2, 0.25) is 0 Å². The number of hydrogen-bond donors (Lipinski definition) is 2. The second kappa shape index (κ2) is 8.00. The summed E-state index contributed by atoms with van der Waals surface area (Å²) in [6.07, 6.45) is 5.92. The van der Waals surface area contributed by atoms with Crippen LogP contribution in [0, 0.1) is 0 Å². The second-order valence-electron chi connectivity index (χ2n) is 3.64. The van der Waals surface area contributed by atoms with E-state index in [-0.39, 0.29) is 0 Å². The molecule has 1 heterocycles. The molecule has 0 aliphatic rings. The number of aromatic nitrogens is 2. The van der Waals surface area contributed by atoms with Crippen LogP contribution in [0.4, 0.5) is 0 Å². The average molecular weight is 255 g/mol. The van der Waals surface area contributed by atoms with Gasteiger partial charge in [-0.25, -0.2) is 4.99 Å². The largest absolute Gasteiger partial charge is 0.357 e. The van der Waals surface area contributed by atoms with E-state index in [9.17, 15) is 0 Å². The van der Waals surface area contributed by atoms with Gasteiger partial charge in [-0.05, 0) is 13.2 Å². The van der Waals surface area contributed by atoms with Crippen molar-refractivity contribution in [3.8, 4) is 0 Å². The number of guanidine groups is 1. The summed E-state index contributed by atoms with van der Waals surface area (Å²) < 4.78 is 1.79. The van der Waals surface area contributed by atoms with Crippen molar-refractivity contribution in [1.29, 1.82) is 0 Å². The molecule has 0 fully saturated rings. The fourth-order valence-corrected chi connectivity index (χ4v) is 1.64. The predicted molar refractivity (Wildman–Crippen MR) is 74.4 cm³/mol. The van der Waals surface area contributed by atoms with Gasteiger partial charge in [-0.15, -0.1) is 0 Å². The Balaban J connectivity index is 2.44. The molecule has 0 aromatic carbocycles. The zero-order valence-corrected chi connectivity index (χ0v) is 11.5. The summed E-state index contributed by atoms with van der Waals surface area (Å²) in [5.41, 5.74) is 1.12. The third kappa shape index (κ3) is 5.63. The van der Waals surface area contributed by atoms with Gasteiger partial charge >= 0.3 is 0 Å². The molecule has 1 rings (SSSR count). The van der Waals surface area contributed by atoms with Crippen LogP contribution in [0.5, 0.6) is 0 Å². The van der Waals surface area contributed by atoms with E-state index < -0.39 is 0 Å². The first-order chi connectivity index (χ1) is 8.26. The lowest BCUT2D eigenvalue weighted by Crippen LogP contribution is -2.38. The van der Waals surface area contributed by atoms with Gasteiger partial charge in [0.05, 0.1) is 12.7 Å². The molecule has 1 aromatic heterocycles. The first-order valence-corrected chi connectivity index (χ1v) is 7.14. The minimum Gasteiger partial charge on any atom is -0.357 e. The molecule has 0 radical (unpaired) electrons. The first-order valence-electron chi connectivity index (χ1n) is 5.75. The van der Waals surface area contributed by atoms with Crippen molar-refractivity contribution >= 4 is 17.7 Å². The SMILES string of the molecule is CCNC(=NCc1cnn(C)c1)NCCSC. The van der Waals surface area contributed by atoms with Crippen LogP contribution in [-0.2, 0) is 13.6 Å². The highest BCUT2D eigenvalue weighted by Crippen LogP contribution is 1.98. The Bertz CT molecular complexity index is 347. The van der Waals surface area contributed by atoms with Gasteiger partial charge < -0.3 is 10.6 Å². The number of hydrogen-bond acceptors (Lipinski definition) is 3. The molecule has 1 aromatic rings. The number of nitrogens with one attached hydrogen (secondary N) is 2. The van der Waals surface area contributed by atoms with E-state index in [2.05, 4.69) is 33.9 Å². The summed E-state index contributed by atoms with van der Waals surface area (Å²) in [6, 6.07) is 0. The molecule has 0 unspecified atom stereocenters. The van der Waals surface area contributed by atoms with Gasteiger partial charge in [-0.2, -0.15) is 16.9 Å². The number of aryl methyl sites for hydroxylation is 1. The first kappa shape index (κ1) is 13.9. The number of rotatable bonds is 6.